The van der Waals surface area contributed by atoms with E-state index in [1.807, 2.05) is 24.3 Å². The highest BCUT2D eigenvalue weighted by molar-refractivity contribution is 5.39. The molecular weight excluding hydrogens is 262 g/mol. The third kappa shape index (κ3) is 3.03. The molecule has 3 rings (SSSR count). The van der Waals surface area contributed by atoms with Gasteiger partial charge < -0.3 is 15.2 Å². The Hall–Kier alpha value is -2.00. The summed E-state index contributed by atoms with van der Waals surface area (Å²) in [5.74, 6) is 1.54. The summed E-state index contributed by atoms with van der Waals surface area (Å²) in [5, 5.41) is 0. The Morgan fingerprint density at radius 1 is 0.952 bits per heavy atom. The van der Waals surface area contributed by atoms with Crippen LogP contribution >= 0.6 is 0 Å². The second kappa shape index (κ2) is 5.78. The van der Waals surface area contributed by atoms with Gasteiger partial charge in [-0.1, -0.05) is 36.4 Å². The maximum atomic E-state index is 6.53. The molecule has 0 aromatic heterocycles. The lowest BCUT2D eigenvalue weighted by molar-refractivity contribution is 0.250. The molecule has 2 aromatic carbocycles. The minimum atomic E-state index is -0.189. The number of rotatable bonds is 5. The first kappa shape index (κ1) is 14.0. The molecule has 21 heavy (non-hydrogen) atoms. The smallest absolute Gasteiger partial charge is 0.161 e. The van der Waals surface area contributed by atoms with Crippen LogP contribution in [-0.4, -0.2) is 19.3 Å². The quantitative estimate of drug-likeness (QED) is 0.917. The van der Waals surface area contributed by atoms with Gasteiger partial charge in [-0.05, 0) is 36.1 Å². The van der Waals surface area contributed by atoms with Crippen LogP contribution in [0.25, 0.3) is 0 Å². The third-order valence-corrected chi connectivity index (χ3v) is 4.13. The highest BCUT2D eigenvalue weighted by Crippen LogP contribution is 2.31. The molecule has 0 heterocycles. The molecule has 2 N–H and O–H groups in total. The van der Waals surface area contributed by atoms with Crippen molar-refractivity contribution in [1.29, 1.82) is 0 Å². The standard InChI is InChI=1S/C18H21NO2/c1-20-16-8-4-5-9-17(16)21-11-10-18(19)12-14-6-2-3-7-15(14)13-18/h2-9H,10-13,19H2,1H3. The summed E-state index contributed by atoms with van der Waals surface area (Å²) in [6.45, 7) is 0.602. The Morgan fingerprint density at radius 3 is 2.14 bits per heavy atom. The zero-order chi connectivity index (χ0) is 14.7. The zero-order valence-electron chi connectivity index (χ0n) is 12.3. The van der Waals surface area contributed by atoms with Gasteiger partial charge in [0, 0.05) is 12.0 Å². The van der Waals surface area contributed by atoms with Crippen LogP contribution in [0.5, 0.6) is 11.5 Å². The molecule has 3 nitrogen and oxygen atoms in total. The maximum absolute atomic E-state index is 6.53. The molecule has 0 spiro atoms. The molecule has 0 unspecified atom stereocenters. The van der Waals surface area contributed by atoms with Crippen LogP contribution in [0, 0.1) is 0 Å². The van der Waals surface area contributed by atoms with Crippen molar-refractivity contribution in [2.24, 2.45) is 5.73 Å². The largest absolute Gasteiger partial charge is 0.493 e. The van der Waals surface area contributed by atoms with E-state index >= 15 is 0 Å². The predicted octanol–water partition coefficient (Wildman–Crippen LogP) is 2.96. The molecule has 0 atom stereocenters. The average molecular weight is 283 g/mol. The molecule has 1 aliphatic rings. The van der Waals surface area contributed by atoms with Crippen LogP contribution in [0.15, 0.2) is 48.5 Å². The van der Waals surface area contributed by atoms with E-state index in [4.69, 9.17) is 15.2 Å². The minimum absolute atomic E-state index is 0.189. The van der Waals surface area contributed by atoms with E-state index in [-0.39, 0.29) is 5.54 Å². The molecule has 1 aliphatic carbocycles. The fraction of sp³-hybridized carbons (Fsp3) is 0.333. The van der Waals surface area contributed by atoms with Crippen molar-refractivity contribution in [2.45, 2.75) is 24.8 Å². The molecule has 0 saturated carbocycles. The molecule has 3 heteroatoms. The Kier molecular flexibility index (Phi) is 3.84. The summed E-state index contributed by atoms with van der Waals surface area (Å²) in [6, 6.07) is 16.2. The topological polar surface area (TPSA) is 44.5 Å². The van der Waals surface area contributed by atoms with E-state index in [1.165, 1.54) is 11.1 Å². The van der Waals surface area contributed by atoms with Crippen molar-refractivity contribution in [1.82, 2.24) is 0 Å². The first-order chi connectivity index (χ1) is 10.2. The van der Waals surface area contributed by atoms with Gasteiger partial charge in [0.25, 0.3) is 0 Å². The van der Waals surface area contributed by atoms with Crippen LogP contribution < -0.4 is 15.2 Å². The fourth-order valence-electron chi connectivity index (χ4n) is 3.00. The summed E-state index contributed by atoms with van der Waals surface area (Å²) in [6.07, 6.45) is 2.69. The molecule has 0 aliphatic heterocycles. The molecular formula is C18H21NO2. The Morgan fingerprint density at radius 2 is 1.52 bits per heavy atom. The fourth-order valence-corrected chi connectivity index (χ4v) is 3.00. The molecule has 0 fully saturated rings. The summed E-state index contributed by atoms with van der Waals surface area (Å²) in [7, 11) is 1.65. The normalized spacial score (nSPS) is 15.5. The maximum Gasteiger partial charge on any atom is 0.161 e. The Bertz CT molecular complexity index is 599. The molecule has 0 bridgehead atoms. The number of fused-ring (bicyclic) bond motifs is 1. The second-order valence-corrected chi connectivity index (χ2v) is 5.73. The minimum Gasteiger partial charge on any atom is -0.493 e. The van der Waals surface area contributed by atoms with Gasteiger partial charge in [0.2, 0.25) is 0 Å². The summed E-state index contributed by atoms with van der Waals surface area (Å²) >= 11 is 0. The van der Waals surface area contributed by atoms with Crippen LogP contribution in [0.2, 0.25) is 0 Å². The van der Waals surface area contributed by atoms with Crippen LogP contribution in [0.1, 0.15) is 17.5 Å². The first-order valence-corrected chi connectivity index (χ1v) is 7.32. The number of methoxy groups -OCH3 is 1. The Balaban J connectivity index is 1.59. The highest BCUT2D eigenvalue weighted by Gasteiger charge is 2.33. The summed E-state index contributed by atoms with van der Waals surface area (Å²) < 4.78 is 11.1. The van der Waals surface area contributed by atoms with Gasteiger partial charge in [-0.3, -0.25) is 0 Å². The number of benzene rings is 2. The third-order valence-electron chi connectivity index (χ3n) is 4.13. The predicted molar refractivity (Wildman–Crippen MR) is 83.9 cm³/mol. The van der Waals surface area contributed by atoms with E-state index in [0.29, 0.717) is 6.61 Å². The van der Waals surface area contributed by atoms with E-state index < -0.39 is 0 Å². The summed E-state index contributed by atoms with van der Waals surface area (Å²) in [4.78, 5) is 0. The zero-order valence-corrected chi connectivity index (χ0v) is 12.3. The van der Waals surface area contributed by atoms with Crippen LogP contribution in [-0.2, 0) is 12.8 Å². The SMILES string of the molecule is COc1ccccc1OCCC1(N)Cc2ccccc2C1. The van der Waals surface area contributed by atoms with E-state index in [2.05, 4.69) is 24.3 Å². The van der Waals surface area contributed by atoms with Crippen molar-refractivity contribution >= 4 is 0 Å². The lowest BCUT2D eigenvalue weighted by Crippen LogP contribution is -2.42. The summed E-state index contributed by atoms with van der Waals surface area (Å²) in [5.41, 5.74) is 9.09. The highest BCUT2D eigenvalue weighted by atomic mass is 16.5. The lowest BCUT2D eigenvalue weighted by atomic mass is 9.93. The molecule has 0 radical (unpaired) electrons. The van der Waals surface area contributed by atoms with Crippen molar-refractivity contribution in [3.05, 3.63) is 59.7 Å². The van der Waals surface area contributed by atoms with Crippen molar-refractivity contribution in [3.8, 4) is 11.5 Å². The second-order valence-electron chi connectivity index (χ2n) is 5.73. The van der Waals surface area contributed by atoms with Gasteiger partial charge in [-0.2, -0.15) is 0 Å². The molecule has 0 saturated heterocycles. The van der Waals surface area contributed by atoms with Crippen molar-refractivity contribution in [2.75, 3.05) is 13.7 Å². The van der Waals surface area contributed by atoms with Gasteiger partial charge in [0.05, 0.1) is 13.7 Å². The Labute approximate surface area is 125 Å². The number of ether oxygens (including phenoxy) is 2. The number of hydrogen-bond donors (Lipinski definition) is 1. The molecule has 0 amide bonds. The molecule has 110 valence electrons. The van der Waals surface area contributed by atoms with Crippen LogP contribution in [0.3, 0.4) is 0 Å². The number of hydrogen-bond acceptors (Lipinski definition) is 3. The molecule has 2 aromatic rings. The van der Waals surface area contributed by atoms with Gasteiger partial charge in [-0.15, -0.1) is 0 Å². The van der Waals surface area contributed by atoms with Gasteiger partial charge >= 0.3 is 0 Å². The number of para-hydroxylation sites is 2. The van der Waals surface area contributed by atoms with Crippen molar-refractivity contribution in [3.63, 3.8) is 0 Å². The monoisotopic (exact) mass is 283 g/mol. The van der Waals surface area contributed by atoms with E-state index in [1.54, 1.807) is 7.11 Å². The van der Waals surface area contributed by atoms with Gasteiger partial charge in [-0.25, -0.2) is 0 Å². The van der Waals surface area contributed by atoms with E-state index in [9.17, 15) is 0 Å². The number of nitrogens with two attached hydrogens (primary N) is 1. The first-order valence-electron chi connectivity index (χ1n) is 7.32. The average Bonchev–Trinajstić information content (AvgIpc) is 2.84. The lowest BCUT2D eigenvalue weighted by Gasteiger charge is -2.23. The van der Waals surface area contributed by atoms with Gasteiger partial charge in [0.1, 0.15) is 0 Å². The van der Waals surface area contributed by atoms with Crippen LogP contribution in [0.4, 0.5) is 0 Å². The van der Waals surface area contributed by atoms with Gasteiger partial charge in [0.15, 0.2) is 11.5 Å². The van der Waals surface area contributed by atoms with E-state index in [0.717, 1.165) is 30.8 Å². The van der Waals surface area contributed by atoms with Crippen molar-refractivity contribution < 1.29 is 9.47 Å².